The fourth-order valence-electron chi connectivity index (χ4n) is 3.00. The van der Waals surface area contributed by atoms with Gasteiger partial charge in [0, 0.05) is 11.4 Å². The molecule has 0 bridgehead atoms. The van der Waals surface area contributed by atoms with Crippen LogP contribution in [0, 0.1) is 13.8 Å². The summed E-state index contributed by atoms with van der Waals surface area (Å²) in [7, 11) is -13.1. The van der Waals surface area contributed by atoms with Gasteiger partial charge in [-0.25, -0.2) is 12.6 Å². The van der Waals surface area contributed by atoms with Crippen molar-refractivity contribution < 1.29 is 38.5 Å². The minimum Gasteiger partial charge on any atom is -0.324 e. The molecule has 36 heavy (non-hydrogen) atoms. The van der Waals surface area contributed by atoms with Crippen molar-refractivity contribution in [3.05, 3.63) is 53.9 Å². The number of anilines is 4. The maximum Gasteiger partial charge on any atom is 0.397 e. The van der Waals surface area contributed by atoms with Crippen LogP contribution in [-0.4, -0.2) is 61.7 Å². The summed E-state index contributed by atoms with van der Waals surface area (Å²) in [5.74, 6) is -0.201. The predicted octanol–water partition coefficient (Wildman–Crippen LogP) is 1.82. The van der Waals surface area contributed by atoms with Gasteiger partial charge in [-0.3, -0.25) is 9.11 Å². The zero-order chi connectivity index (χ0) is 26.7. The first kappa shape index (κ1) is 27.4. The van der Waals surface area contributed by atoms with Crippen LogP contribution >= 0.6 is 0 Å². The third-order valence-electron chi connectivity index (χ3n) is 4.49. The maximum absolute atomic E-state index is 12.5. The summed E-state index contributed by atoms with van der Waals surface area (Å²) < 4.78 is 90.8. The third-order valence-corrected chi connectivity index (χ3v) is 7.64. The number of aromatic nitrogens is 3. The van der Waals surface area contributed by atoms with Gasteiger partial charge in [0.05, 0.1) is 22.2 Å². The molecule has 3 rings (SSSR count). The predicted molar refractivity (Wildman–Crippen MR) is 128 cm³/mol. The van der Waals surface area contributed by atoms with Crippen LogP contribution < -0.4 is 10.6 Å². The molecule has 0 atom stereocenters. The molecular weight excluding hydrogens is 538 g/mol. The van der Waals surface area contributed by atoms with Crippen molar-refractivity contribution >= 4 is 53.6 Å². The highest BCUT2D eigenvalue weighted by atomic mass is 32.3. The monoisotopic (exact) mass is 559 g/mol. The summed E-state index contributed by atoms with van der Waals surface area (Å²) in [5, 5.41) is 5.76. The van der Waals surface area contributed by atoms with Crippen LogP contribution in [0.1, 0.15) is 11.4 Å². The molecule has 0 aliphatic carbocycles. The maximum atomic E-state index is 12.5. The van der Waals surface area contributed by atoms with Gasteiger partial charge >= 0.3 is 10.4 Å². The van der Waals surface area contributed by atoms with Gasteiger partial charge in [-0.15, -0.1) is 0 Å². The fraction of sp³-hybridized carbons (Fsp3) is 0.211. The first-order valence-corrected chi connectivity index (χ1v) is 14.4. The molecule has 0 saturated heterocycles. The Balaban J connectivity index is 1.79. The van der Waals surface area contributed by atoms with Crippen molar-refractivity contribution in [3.8, 4) is 0 Å². The van der Waals surface area contributed by atoms with Crippen LogP contribution in [0.2, 0.25) is 0 Å². The number of hydrogen-bond acceptors (Lipinski definition) is 12. The number of sulfone groups is 1. The van der Waals surface area contributed by atoms with Crippen molar-refractivity contribution in [2.45, 2.75) is 23.6 Å². The van der Waals surface area contributed by atoms with Crippen molar-refractivity contribution in [2.24, 2.45) is 0 Å². The van der Waals surface area contributed by atoms with Crippen molar-refractivity contribution in [3.63, 3.8) is 0 Å². The van der Waals surface area contributed by atoms with E-state index in [1.165, 1.54) is 43.3 Å². The average molecular weight is 560 g/mol. The van der Waals surface area contributed by atoms with Gasteiger partial charge in [-0.05, 0) is 55.8 Å². The van der Waals surface area contributed by atoms with E-state index in [-0.39, 0.29) is 21.7 Å². The Labute approximate surface area is 207 Å². The number of benzene rings is 2. The van der Waals surface area contributed by atoms with Crippen molar-refractivity contribution in [1.29, 1.82) is 0 Å². The molecule has 2 aromatic carbocycles. The summed E-state index contributed by atoms with van der Waals surface area (Å²) in [6.07, 6.45) is 0. The number of rotatable bonds is 10. The highest BCUT2D eigenvalue weighted by Crippen LogP contribution is 2.23. The quantitative estimate of drug-likeness (QED) is 0.261. The Morgan fingerprint density at radius 1 is 0.833 bits per heavy atom. The smallest absolute Gasteiger partial charge is 0.324 e. The largest absolute Gasteiger partial charge is 0.397 e. The normalized spacial score (nSPS) is 12.3. The van der Waals surface area contributed by atoms with E-state index in [4.69, 9.17) is 4.55 Å². The molecule has 0 fully saturated rings. The lowest BCUT2D eigenvalue weighted by molar-refractivity contribution is 0.284. The van der Waals surface area contributed by atoms with Crippen LogP contribution in [-0.2, 0) is 34.5 Å². The number of nitrogens with zero attached hydrogens (tertiary/aromatic N) is 3. The number of hydrogen-bond donors (Lipinski definition) is 4. The molecule has 194 valence electrons. The average Bonchev–Trinajstić information content (AvgIpc) is 2.71. The topological polar surface area (TPSA) is 215 Å². The molecule has 1 aromatic heterocycles. The molecule has 0 amide bonds. The number of aryl methyl sites for hydroxylation is 2. The van der Waals surface area contributed by atoms with Gasteiger partial charge in [0.2, 0.25) is 11.9 Å². The van der Waals surface area contributed by atoms with E-state index in [0.717, 1.165) is 0 Å². The molecule has 1 heterocycles. The van der Waals surface area contributed by atoms with Gasteiger partial charge in [0.25, 0.3) is 10.1 Å². The second-order valence-corrected chi connectivity index (χ2v) is 11.9. The highest BCUT2D eigenvalue weighted by molar-refractivity contribution is 7.91. The van der Waals surface area contributed by atoms with Crippen LogP contribution in [0.3, 0.4) is 0 Å². The van der Waals surface area contributed by atoms with Gasteiger partial charge < -0.3 is 10.6 Å². The van der Waals surface area contributed by atoms with Crippen LogP contribution in [0.4, 0.5) is 23.3 Å². The van der Waals surface area contributed by atoms with Crippen molar-refractivity contribution in [1.82, 2.24) is 15.0 Å². The molecule has 0 aliphatic rings. The lowest BCUT2D eigenvalue weighted by Crippen LogP contribution is -2.15. The molecule has 0 radical (unpaired) electrons. The van der Waals surface area contributed by atoms with E-state index < -0.39 is 42.7 Å². The zero-order valence-electron chi connectivity index (χ0n) is 18.8. The first-order valence-electron chi connectivity index (χ1n) is 9.92. The van der Waals surface area contributed by atoms with E-state index in [1.54, 1.807) is 13.0 Å². The SMILES string of the molecule is Cc1nc(Nc2cccc(S(=O)(=O)CCOS(=O)(=O)O)c2)nc(Nc2ccc(S(=O)(=O)O)c(C)c2)n1. The minimum absolute atomic E-state index is 0.0699. The zero-order valence-corrected chi connectivity index (χ0v) is 21.2. The lowest BCUT2D eigenvalue weighted by Gasteiger charge is -2.11. The third kappa shape index (κ3) is 7.64. The Hall–Kier alpha value is -3.22. The summed E-state index contributed by atoms with van der Waals surface area (Å²) in [5.41, 5.74) is 1.04. The highest BCUT2D eigenvalue weighted by Gasteiger charge is 2.18. The minimum atomic E-state index is -4.76. The Kier molecular flexibility index (Phi) is 7.91. The summed E-state index contributed by atoms with van der Waals surface area (Å²) in [6.45, 7) is 2.35. The Morgan fingerprint density at radius 2 is 1.44 bits per heavy atom. The number of nitrogens with one attached hydrogen (secondary N) is 2. The van der Waals surface area contributed by atoms with Crippen LogP contribution in [0.25, 0.3) is 0 Å². The molecule has 0 saturated carbocycles. The van der Waals surface area contributed by atoms with Gasteiger partial charge in [0.1, 0.15) is 5.82 Å². The lowest BCUT2D eigenvalue weighted by atomic mass is 10.2. The molecule has 3 aromatic rings. The molecule has 0 unspecified atom stereocenters. The summed E-state index contributed by atoms with van der Waals surface area (Å²) in [6, 6.07) is 9.72. The standard InChI is InChI=1S/C19H21N5O9S3/c1-12-10-15(6-7-17(12)35(27,28)29)23-19-21-13(2)20-18(24-19)22-14-4-3-5-16(11-14)34(25,26)9-8-33-36(30,31)32/h3-7,10-11H,8-9H2,1-2H3,(H,27,28,29)(H,30,31,32)(H2,20,21,22,23,24). The second kappa shape index (κ2) is 10.4. The van der Waals surface area contributed by atoms with E-state index in [9.17, 15) is 29.8 Å². The second-order valence-electron chi connectivity index (χ2n) is 7.33. The first-order chi connectivity index (χ1) is 16.6. The van der Waals surface area contributed by atoms with E-state index in [1.807, 2.05) is 0 Å². The summed E-state index contributed by atoms with van der Waals surface area (Å²) >= 11 is 0. The van der Waals surface area contributed by atoms with E-state index >= 15 is 0 Å². The van der Waals surface area contributed by atoms with Crippen LogP contribution in [0.15, 0.2) is 52.3 Å². The van der Waals surface area contributed by atoms with E-state index in [0.29, 0.717) is 22.8 Å². The molecular formula is C19H21N5O9S3. The van der Waals surface area contributed by atoms with Crippen LogP contribution in [0.5, 0.6) is 0 Å². The molecule has 17 heteroatoms. The van der Waals surface area contributed by atoms with Gasteiger partial charge in [-0.2, -0.15) is 31.8 Å². The summed E-state index contributed by atoms with van der Waals surface area (Å²) in [4.78, 5) is 12.2. The molecule has 4 N–H and O–H groups in total. The Morgan fingerprint density at radius 3 is 2.00 bits per heavy atom. The van der Waals surface area contributed by atoms with E-state index in [2.05, 4.69) is 29.8 Å². The van der Waals surface area contributed by atoms with Gasteiger partial charge in [-0.1, -0.05) is 6.07 Å². The molecule has 0 spiro atoms. The molecule has 0 aliphatic heterocycles. The molecule has 14 nitrogen and oxygen atoms in total. The Bertz CT molecular complexity index is 1610. The van der Waals surface area contributed by atoms with Gasteiger partial charge in [0.15, 0.2) is 9.84 Å². The van der Waals surface area contributed by atoms with Crippen molar-refractivity contribution in [2.75, 3.05) is 23.0 Å². The fourth-order valence-corrected chi connectivity index (χ4v) is 5.24.